The number of hydrogen-bond donors (Lipinski definition) is 2. The maximum Gasteiger partial charge on any atom is 0.306 e. The molecule has 28 heavy (non-hydrogen) atoms. The van der Waals surface area contributed by atoms with Crippen molar-refractivity contribution in [3.8, 4) is 0 Å². The van der Waals surface area contributed by atoms with Crippen LogP contribution in [-0.2, 0) is 19.1 Å². The fourth-order valence-corrected chi connectivity index (χ4v) is 2.44. The lowest BCUT2D eigenvalue weighted by Gasteiger charge is -2.07. The first kappa shape index (κ1) is 21.3. The Morgan fingerprint density at radius 2 is 1.36 bits per heavy atom. The predicted octanol–water partition coefficient (Wildman–Crippen LogP) is 3.55. The highest BCUT2D eigenvalue weighted by Gasteiger charge is 2.11. The van der Waals surface area contributed by atoms with Crippen LogP contribution in [0.25, 0.3) is 0 Å². The van der Waals surface area contributed by atoms with Gasteiger partial charge in [0, 0.05) is 27.8 Å². The minimum Gasteiger partial charge on any atom is -0.456 e. The molecule has 0 atom stereocenters. The highest BCUT2D eigenvalue weighted by atomic mass is 79.9. The van der Waals surface area contributed by atoms with E-state index in [0.717, 1.165) is 4.47 Å². The molecule has 7 nitrogen and oxygen atoms in total. The van der Waals surface area contributed by atoms with E-state index in [4.69, 9.17) is 4.74 Å². The number of halogens is 1. The first-order valence-corrected chi connectivity index (χ1v) is 9.24. The summed E-state index contributed by atoms with van der Waals surface area (Å²) in [6.07, 6.45) is -0.232. The van der Waals surface area contributed by atoms with Crippen molar-refractivity contribution < 1.29 is 23.9 Å². The largest absolute Gasteiger partial charge is 0.456 e. The Balaban J connectivity index is 1.68. The zero-order valence-electron chi connectivity index (χ0n) is 15.2. The number of rotatable bonds is 8. The van der Waals surface area contributed by atoms with Crippen molar-refractivity contribution in [2.24, 2.45) is 0 Å². The van der Waals surface area contributed by atoms with Crippen LogP contribution in [0.4, 0.5) is 11.4 Å². The second-order valence-electron chi connectivity index (χ2n) is 5.90. The molecule has 2 aromatic carbocycles. The van der Waals surface area contributed by atoms with E-state index >= 15 is 0 Å². The number of ether oxygens (including phenoxy) is 1. The van der Waals surface area contributed by atoms with Gasteiger partial charge in [-0.1, -0.05) is 15.9 Å². The third kappa shape index (κ3) is 7.32. The molecule has 0 saturated heterocycles. The van der Waals surface area contributed by atoms with Gasteiger partial charge in [-0.2, -0.15) is 0 Å². The van der Waals surface area contributed by atoms with Crippen LogP contribution in [0.5, 0.6) is 0 Å². The normalized spacial score (nSPS) is 10.1. The Morgan fingerprint density at radius 3 is 1.93 bits per heavy atom. The van der Waals surface area contributed by atoms with Crippen LogP contribution in [0.3, 0.4) is 0 Å². The Labute approximate surface area is 170 Å². The molecule has 0 saturated carbocycles. The van der Waals surface area contributed by atoms with E-state index in [1.165, 1.54) is 6.92 Å². The maximum atomic E-state index is 11.9. The molecule has 0 aliphatic rings. The lowest BCUT2D eigenvalue weighted by Crippen LogP contribution is -2.21. The molecule has 2 N–H and O–H groups in total. The molecule has 0 aliphatic carbocycles. The van der Waals surface area contributed by atoms with Gasteiger partial charge in [-0.15, -0.1) is 0 Å². The maximum absolute atomic E-state index is 11.9. The quantitative estimate of drug-likeness (QED) is 0.476. The first-order valence-electron chi connectivity index (χ1n) is 8.45. The van der Waals surface area contributed by atoms with Gasteiger partial charge in [-0.05, 0) is 55.5 Å². The van der Waals surface area contributed by atoms with Gasteiger partial charge in [-0.3, -0.25) is 19.2 Å². The number of Topliss-reactive ketones (excluding diaryl/α,β-unsaturated/α-hetero) is 1. The lowest BCUT2D eigenvalue weighted by atomic mass is 10.1. The van der Waals surface area contributed by atoms with E-state index in [0.29, 0.717) is 16.9 Å². The van der Waals surface area contributed by atoms with Crippen molar-refractivity contribution in [3.63, 3.8) is 0 Å². The van der Waals surface area contributed by atoms with Crippen LogP contribution < -0.4 is 10.6 Å². The van der Waals surface area contributed by atoms with E-state index in [1.54, 1.807) is 48.5 Å². The van der Waals surface area contributed by atoms with E-state index in [9.17, 15) is 19.2 Å². The van der Waals surface area contributed by atoms with Crippen LogP contribution in [-0.4, -0.2) is 30.2 Å². The second kappa shape index (κ2) is 10.4. The van der Waals surface area contributed by atoms with Gasteiger partial charge in [0.1, 0.15) is 0 Å². The van der Waals surface area contributed by atoms with Crippen molar-refractivity contribution in [1.82, 2.24) is 0 Å². The fraction of sp³-hybridized carbons (Fsp3) is 0.200. The molecule has 0 spiro atoms. The molecule has 0 aliphatic heterocycles. The summed E-state index contributed by atoms with van der Waals surface area (Å²) < 4.78 is 5.74. The lowest BCUT2D eigenvalue weighted by molar-refractivity contribution is -0.147. The molecule has 0 heterocycles. The Morgan fingerprint density at radius 1 is 0.821 bits per heavy atom. The van der Waals surface area contributed by atoms with Crippen molar-refractivity contribution >= 4 is 50.9 Å². The van der Waals surface area contributed by atoms with Crippen molar-refractivity contribution in [3.05, 3.63) is 58.6 Å². The molecule has 2 rings (SSSR count). The summed E-state index contributed by atoms with van der Waals surface area (Å²) in [5, 5.41) is 5.22. The number of anilines is 2. The molecular formula is C20H19BrN2O5. The standard InChI is InChI=1S/C20H19BrN2O5/c1-13(24)14-2-6-16(7-3-14)22-18(25)10-11-20(27)28-12-19(26)23-17-8-4-15(21)5-9-17/h2-9H,10-12H2,1H3,(H,22,25)(H,23,26). The van der Waals surface area contributed by atoms with Crippen molar-refractivity contribution in [1.29, 1.82) is 0 Å². The van der Waals surface area contributed by atoms with Gasteiger partial charge >= 0.3 is 5.97 Å². The Hall–Kier alpha value is -3.00. The van der Waals surface area contributed by atoms with Crippen LogP contribution in [0.15, 0.2) is 53.0 Å². The second-order valence-corrected chi connectivity index (χ2v) is 6.81. The SMILES string of the molecule is CC(=O)c1ccc(NC(=O)CCC(=O)OCC(=O)Nc2ccc(Br)cc2)cc1. The molecule has 0 unspecified atom stereocenters. The van der Waals surface area contributed by atoms with E-state index < -0.39 is 18.5 Å². The average molecular weight is 447 g/mol. The molecule has 0 fully saturated rings. The van der Waals surface area contributed by atoms with Crippen LogP contribution in [0.2, 0.25) is 0 Å². The highest BCUT2D eigenvalue weighted by Crippen LogP contribution is 2.14. The topological polar surface area (TPSA) is 102 Å². The summed E-state index contributed by atoms with van der Waals surface area (Å²) in [4.78, 5) is 46.5. The Kier molecular flexibility index (Phi) is 7.88. The summed E-state index contributed by atoms with van der Waals surface area (Å²) in [5.74, 6) is -1.55. The van der Waals surface area contributed by atoms with Crippen molar-refractivity contribution in [2.75, 3.05) is 17.2 Å². The molecule has 0 radical (unpaired) electrons. The first-order chi connectivity index (χ1) is 13.3. The molecule has 0 aromatic heterocycles. The number of ketones is 1. The van der Waals surface area contributed by atoms with Crippen LogP contribution >= 0.6 is 15.9 Å². The van der Waals surface area contributed by atoms with Gasteiger partial charge in [-0.25, -0.2) is 0 Å². The number of benzene rings is 2. The minimum atomic E-state index is -0.645. The summed E-state index contributed by atoms with van der Waals surface area (Å²) in [6, 6.07) is 13.4. The molecular weight excluding hydrogens is 428 g/mol. The van der Waals surface area contributed by atoms with Gasteiger partial charge < -0.3 is 15.4 Å². The molecule has 8 heteroatoms. The molecule has 0 bridgehead atoms. The predicted molar refractivity (Wildman–Crippen MR) is 108 cm³/mol. The number of esters is 1. The fourth-order valence-electron chi connectivity index (χ4n) is 2.18. The zero-order valence-corrected chi connectivity index (χ0v) is 16.7. The third-order valence-electron chi connectivity index (χ3n) is 3.62. The summed E-state index contributed by atoms with van der Waals surface area (Å²) in [5.41, 5.74) is 1.65. The number of carbonyl (C=O) groups is 4. The van der Waals surface area contributed by atoms with Gasteiger partial charge in [0.2, 0.25) is 5.91 Å². The molecule has 146 valence electrons. The minimum absolute atomic E-state index is 0.0650. The smallest absolute Gasteiger partial charge is 0.306 e. The van der Waals surface area contributed by atoms with Gasteiger partial charge in [0.25, 0.3) is 5.91 Å². The third-order valence-corrected chi connectivity index (χ3v) is 4.15. The molecule has 2 aromatic rings. The Bertz CT molecular complexity index is 863. The van der Waals surface area contributed by atoms with E-state index in [2.05, 4.69) is 26.6 Å². The van der Waals surface area contributed by atoms with E-state index in [1.807, 2.05) is 0 Å². The number of carbonyl (C=O) groups excluding carboxylic acids is 4. The summed E-state index contributed by atoms with van der Waals surface area (Å²) in [7, 11) is 0. The van der Waals surface area contributed by atoms with Crippen LogP contribution in [0.1, 0.15) is 30.1 Å². The van der Waals surface area contributed by atoms with Gasteiger partial charge in [0.05, 0.1) is 6.42 Å². The summed E-state index contributed by atoms with van der Waals surface area (Å²) in [6.45, 7) is 1.03. The number of hydrogen-bond acceptors (Lipinski definition) is 5. The van der Waals surface area contributed by atoms with Crippen LogP contribution in [0, 0.1) is 0 Å². The zero-order chi connectivity index (χ0) is 20.5. The van der Waals surface area contributed by atoms with E-state index in [-0.39, 0.29) is 24.5 Å². The monoisotopic (exact) mass is 446 g/mol. The number of nitrogens with one attached hydrogen (secondary N) is 2. The number of amides is 2. The highest BCUT2D eigenvalue weighted by molar-refractivity contribution is 9.10. The average Bonchev–Trinajstić information content (AvgIpc) is 2.67. The van der Waals surface area contributed by atoms with Gasteiger partial charge in [0.15, 0.2) is 12.4 Å². The summed E-state index contributed by atoms with van der Waals surface area (Å²) >= 11 is 3.29. The molecule has 2 amide bonds. The van der Waals surface area contributed by atoms with Crippen molar-refractivity contribution in [2.45, 2.75) is 19.8 Å².